The number of nitro benzene ring substituents is 1. The molecule has 0 aliphatic heterocycles. The molecule has 0 radical (unpaired) electrons. The molecule has 1 heterocycles. The molecule has 0 aliphatic rings. The van der Waals surface area contributed by atoms with Crippen molar-refractivity contribution < 1.29 is 4.92 Å². The van der Waals surface area contributed by atoms with Crippen molar-refractivity contribution in [1.82, 2.24) is 9.55 Å². The Labute approximate surface area is 154 Å². The van der Waals surface area contributed by atoms with Gasteiger partial charge in [0.05, 0.1) is 23.4 Å². The van der Waals surface area contributed by atoms with Gasteiger partial charge in [0, 0.05) is 17.3 Å². The van der Waals surface area contributed by atoms with E-state index < -0.39 is 4.92 Å². The quantitative estimate of drug-likeness (QED) is 0.386. The summed E-state index contributed by atoms with van der Waals surface area (Å²) in [4.78, 5) is 19.0. The minimum atomic E-state index is -0.479. The SMILES string of the molecule is N#Cc1ncn(Cc2ccccc2Cl)c1/N=C/c1ccccc1[N+](=O)[O-]. The fourth-order valence-electron chi connectivity index (χ4n) is 2.41. The Morgan fingerprint density at radius 2 is 2.00 bits per heavy atom. The molecule has 7 nitrogen and oxygen atoms in total. The third-order valence-electron chi connectivity index (χ3n) is 3.67. The van der Waals surface area contributed by atoms with Crippen LogP contribution in [-0.4, -0.2) is 20.7 Å². The molecule has 0 fully saturated rings. The van der Waals surface area contributed by atoms with Crippen molar-refractivity contribution in [1.29, 1.82) is 5.26 Å². The lowest BCUT2D eigenvalue weighted by atomic mass is 10.2. The zero-order valence-electron chi connectivity index (χ0n) is 13.4. The molecule has 3 rings (SSSR count). The van der Waals surface area contributed by atoms with Crippen LogP contribution in [0, 0.1) is 21.4 Å². The lowest BCUT2D eigenvalue weighted by Crippen LogP contribution is -1.99. The molecule has 0 bridgehead atoms. The average Bonchev–Trinajstić information content (AvgIpc) is 3.03. The number of aromatic nitrogens is 2. The number of imidazole rings is 1. The Balaban J connectivity index is 1.98. The van der Waals surface area contributed by atoms with Gasteiger partial charge in [0.15, 0.2) is 11.5 Å². The Morgan fingerprint density at radius 3 is 2.73 bits per heavy atom. The third-order valence-corrected chi connectivity index (χ3v) is 4.04. The van der Waals surface area contributed by atoms with Crippen LogP contribution in [0.25, 0.3) is 0 Å². The molecule has 0 saturated carbocycles. The molecule has 8 heteroatoms. The number of hydrogen-bond acceptors (Lipinski definition) is 5. The fourth-order valence-corrected chi connectivity index (χ4v) is 2.61. The Kier molecular flexibility index (Phi) is 5.06. The average molecular weight is 366 g/mol. The number of nitrogens with zero attached hydrogens (tertiary/aromatic N) is 5. The molecule has 0 aliphatic carbocycles. The number of rotatable bonds is 5. The summed E-state index contributed by atoms with van der Waals surface area (Å²) in [5.41, 5.74) is 1.25. The van der Waals surface area contributed by atoms with E-state index in [1.54, 1.807) is 28.8 Å². The van der Waals surface area contributed by atoms with Gasteiger partial charge in [-0.05, 0) is 17.7 Å². The van der Waals surface area contributed by atoms with Crippen molar-refractivity contribution in [3.63, 3.8) is 0 Å². The van der Waals surface area contributed by atoms with Crippen LogP contribution in [0.4, 0.5) is 11.5 Å². The molecule has 3 aromatic rings. The summed E-state index contributed by atoms with van der Waals surface area (Å²) in [6, 6.07) is 15.5. The zero-order valence-corrected chi connectivity index (χ0v) is 14.2. The molecular formula is C18H12ClN5O2. The van der Waals surface area contributed by atoms with Crippen LogP contribution < -0.4 is 0 Å². The van der Waals surface area contributed by atoms with E-state index in [-0.39, 0.29) is 11.4 Å². The van der Waals surface area contributed by atoms with Crippen LogP contribution in [0.1, 0.15) is 16.8 Å². The smallest absolute Gasteiger partial charge is 0.278 e. The zero-order chi connectivity index (χ0) is 18.5. The highest BCUT2D eigenvalue weighted by Crippen LogP contribution is 2.23. The largest absolute Gasteiger partial charge is 0.310 e. The highest BCUT2D eigenvalue weighted by Gasteiger charge is 2.13. The molecule has 0 saturated heterocycles. The van der Waals surface area contributed by atoms with Crippen molar-refractivity contribution in [2.75, 3.05) is 0 Å². The normalized spacial score (nSPS) is 10.8. The molecule has 0 unspecified atom stereocenters. The van der Waals surface area contributed by atoms with Crippen LogP contribution in [0.3, 0.4) is 0 Å². The van der Waals surface area contributed by atoms with E-state index in [0.717, 1.165) is 5.56 Å². The Bertz CT molecular complexity index is 1040. The fraction of sp³-hybridized carbons (Fsp3) is 0.0556. The van der Waals surface area contributed by atoms with Gasteiger partial charge < -0.3 is 4.57 Å². The summed E-state index contributed by atoms with van der Waals surface area (Å²) in [5, 5.41) is 21.0. The maximum atomic E-state index is 11.1. The van der Waals surface area contributed by atoms with Gasteiger partial charge in [-0.3, -0.25) is 10.1 Å². The summed E-state index contributed by atoms with van der Waals surface area (Å²) < 4.78 is 1.67. The van der Waals surface area contributed by atoms with Crippen LogP contribution in [-0.2, 0) is 6.54 Å². The molecule has 0 amide bonds. The van der Waals surface area contributed by atoms with Crippen LogP contribution in [0.5, 0.6) is 0 Å². The molecule has 26 heavy (non-hydrogen) atoms. The summed E-state index contributed by atoms with van der Waals surface area (Å²) in [6.45, 7) is 0.373. The Hall–Kier alpha value is -3.50. The first-order valence-electron chi connectivity index (χ1n) is 7.56. The lowest BCUT2D eigenvalue weighted by molar-refractivity contribution is -0.385. The molecule has 2 aromatic carbocycles. The third kappa shape index (κ3) is 3.61. The standard InChI is InChI=1S/C18H12ClN5O2/c19-15-7-3-1-6-14(15)11-23-12-22-16(9-20)18(23)21-10-13-5-2-4-8-17(13)24(25)26/h1-8,10,12H,11H2/b21-10+. The van der Waals surface area contributed by atoms with E-state index >= 15 is 0 Å². The van der Waals surface area contributed by atoms with Gasteiger partial charge in [-0.1, -0.05) is 41.9 Å². The summed E-state index contributed by atoms with van der Waals surface area (Å²) >= 11 is 6.18. The van der Waals surface area contributed by atoms with Crippen molar-refractivity contribution in [2.45, 2.75) is 6.54 Å². The number of aliphatic imine (C=N–C) groups is 1. The van der Waals surface area contributed by atoms with Crippen molar-refractivity contribution in [3.8, 4) is 6.07 Å². The summed E-state index contributed by atoms with van der Waals surface area (Å²) in [7, 11) is 0. The van der Waals surface area contributed by atoms with E-state index in [1.807, 2.05) is 24.3 Å². The van der Waals surface area contributed by atoms with Gasteiger partial charge in [-0.25, -0.2) is 9.98 Å². The predicted molar refractivity (Wildman–Crippen MR) is 97.8 cm³/mol. The van der Waals surface area contributed by atoms with E-state index in [1.165, 1.54) is 18.6 Å². The van der Waals surface area contributed by atoms with E-state index in [9.17, 15) is 15.4 Å². The molecule has 128 valence electrons. The molecule has 0 N–H and O–H groups in total. The van der Waals surface area contributed by atoms with Crippen LogP contribution in [0.2, 0.25) is 5.02 Å². The van der Waals surface area contributed by atoms with Crippen LogP contribution >= 0.6 is 11.6 Å². The van der Waals surface area contributed by atoms with E-state index in [2.05, 4.69) is 9.98 Å². The molecular weight excluding hydrogens is 354 g/mol. The van der Waals surface area contributed by atoms with Crippen molar-refractivity contribution >= 4 is 29.3 Å². The van der Waals surface area contributed by atoms with Gasteiger partial charge >= 0.3 is 0 Å². The molecule has 0 spiro atoms. The Morgan fingerprint density at radius 1 is 1.27 bits per heavy atom. The highest BCUT2D eigenvalue weighted by atomic mass is 35.5. The minimum absolute atomic E-state index is 0.0630. The van der Waals surface area contributed by atoms with Gasteiger partial charge in [-0.2, -0.15) is 5.26 Å². The summed E-state index contributed by atoms with van der Waals surface area (Å²) in [6.07, 6.45) is 2.85. The first kappa shape index (κ1) is 17.3. The highest BCUT2D eigenvalue weighted by molar-refractivity contribution is 6.31. The topological polar surface area (TPSA) is 97.1 Å². The number of halogens is 1. The van der Waals surface area contributed by atoms with Crippen LogP contribution in [0.15, 0.2) is 59.9 Å². The number of nitro groups is 1. The maximum absolute atomic E-state index is 11.1. The number of nitriles is 1. The second kappa shape index (κ2) is 7.59. The van der Waals surface area contributed by atoms with Gasteiger partial charge in [0.25, 0.3) is 5.69 Å². The van der Waals surface area contributed by atoms with E-state index in [0.29, 0.717) is 22.9 Å². The van der Waals surface area contributed by atoms with E-state index in [4.69, 9.17) is 11.6 Å². The first-order valence-corrected chi connectivity index (χ1v) is 7.94. The minimum Gasteiger partial charge on any atom is -0.310 e. The van der Waals surface area contributed by atoms with Gasteiger partial charge in [0.1, 0.15) is 6.07 Å². The lowest BCUT2D eigenvalue weighted by Gasteiger charge is -2.07. The summed E-state index contributed by atoms with van der Waals surface area (Å²) in [5.74, 6) is 0.311. The molecule has 0 atom stereocenters. The van der Waals surface area contributed by atoms with Gasteiger partial charge in [-0.15, -0.1) is 0 Å². The predicted octanol–water partition coefficient (Wildman–Crippen LogP) is 4.12. The number of benzene rings is 2. The number of para-hydroxylation sites is 1. The second-order valence-corrected chi connectivity index (χ2v) is 5.73. The maximum Gasteiger partial charge on any atom is 0.278 e. The molecule has 1 aromatic heterocycles. The van der Waals surface area contributed by atoms with Crippen molar-refractivity contribution in [2.24, 2.45) is 4.99 Å². The monoisotopic (exact) mass is 365 g/mol. The number of hydrogen-bond donors (Lipinski definition) is 0. The second-order valence-electron chi connectivity index (χ2n) is 5.32. The first-order chi connectivity index (χ1) is 12.6. The van der Waals surface area contributed by atoms with Gasteiger partial charge in [0.2, 0.25) is 0 Å². The van der Waals surface area contributed by atoms with Crippen molar-refractivity contribution in [3.05, 3.63) is 86.8 Å².